The number of hydrogen-bond acceptors (Lipinski definition) is 4. The molecule has 28 heavy (non-hydrogen) atoms. The van der Waals surface area contributed by atoms with E-state index < -0.39 is 5.60 Å². The van der Waals surface area contributed by atoms with Crippen LogP contribution < -0.4 is 4.74 Å². The van der Waals surface area contributed by atoms with Gasteiger partial charge in [0.2, 0.25) is 0 Å². The Bertz CT molecular complexity index is 791. The summed E-state index contributed by atoms with van der Waals surface area (Å²) in [4.78, 5) is 6.68. The molecule has 0 amide bonds. The van der Waals surface area contributed by atoms with E-state index in [1.807, 2.05) is 42.7 Å². The summed E-state index contributed by atoms with van der Waals surface area (Å²) in [7, 11) is 1.66. The first-order chi connectivity index (χ1) is 13.6. The maximum atomic E-state index is 10.7. The first kappa shape index (κ1) is 20.4. The van der Waals surface area contributed by atoms with Gasteiger partial charge in [-0.05, 0) is 68.5 Å². The lowest BCUT2D eigenvalue weighted by Gasteiger charge is -2.34. The molecule has 4 heteroatoms. The first-order valence-electron chi connectivity index (χ1n) is 10.1. The van der Waals surface area contributed by atoms with Crippen LogP contribution in [0.2, 0.25) is 0 Å². The Labute approximate surface area is 168 Å². The van der Waals surface area contributed by atoms with Crippen LogP contribution in [0.3, 0.4) is 0 Å². The van der Waals surface area contributed by atoms with Crippen LogP contribution in [0.15, 0.2) is 48.8 Å². The molecule has 1 aliphatic rings. The predicted octanol–water partition coefficient (Wildman–Crippen LogP) is 4.00. The Morgan fingerprint density at radius 2 is 2.07 bits per heavy atom. The number of benzene rings is 1. The molecule has 1 aromatic carbocycles. The molecule has 1 N–H and O–H groups in total. The van der Waals surface area contributed by atoms with Crippen molar-refractivity contribution in [1.82, 2.24) is 9.88 Å². The molecule has 1 aromatic heterocycles. The largest absolute Gasteiger partial charge is 0.497 e. The topological polar surface area (TPSA) is 45.6 Å². The van der Waals surface area contributed by atoms with Crippen LogP contribution in [-0.4, -0.2) is 40.8 Å². The second-order valence-electron chi connectivity index (χ2n) is 7.69. The molecule has 1 aliphatic heterocycles. The minimum absolute atomic E-state index is 0.376. The number of aromatic nitrogens is 1. The van der Waals surface area contributed by atoms with Crippen molar-refractivity contribution >= 4 is 0 Å². The molecule has 4 nitrogen and oxygen atoms in total. The zero-order valence-electron chi connectivity index (χ0n) is 16.9. The Kier molecular flexibility index (Phi) is 7.08. The highest BCUT2D eigenvalue weighted by Crippen LogP contribution is 2.29. The van der Waals surface area contributed by atoms with Crippen molar-refractivity contribution in [2.45, 2.75) is 50.7 Å². The first-order valence-corrected chi connectivity index (χ1v) is 10.1. The second kappa shape index (κ2) is 9.73. The maximum Gasteiger partial charge on any atom is 0.123 e. The van der Waals surface area contributed by atoms with E-state index in [9.17, 15) is 5.11 Å². The van der Waals surface area contributed by atoms with Gasteiger partial charge in [0, 0.05) is 18.4 Å². The molecule has 3 rings (SSSR count). The van der Waals surface area contributed by atoms with Crippen LogP contribution in [0.5, 0.6) is 5.75 Å². The van der Waals surface area contributed by atoms with Crippen molar-refractivity contribution < 1.29 is 9.84 Å². The molecule has 0 bridgehead atoms. The zero-order valence-corrected chi connectivity index (χ0v) is 16.9. The monoisotopic (exact) mass is 378 g/mol. The van der Waals surface area contributed by atoms with Crippen LogP contribution in [0.1, 0.15) is 49.8 Å². The lowest BCUT2D eigenvalue weighted by atomic mass is 9.96. The molecular formula is C24H30N2O2. The third-order valence-corrected chi connectivity index (χ3v) is 5.38. The highest BCUT2D eigenvalue weighted by Gasteiger charge is 2.23. The van der Waals surface area contributed by atoms with Gasteiger partial charge in [-0.2, -0.15) is 0 Å². The average molecular weight is 379 g/mol. The van der Waals surface area contributed by atoms with Gasteiger partial charge in [-0.1, -0.05) is 36.5 Å². The zero-order chi connectivity index (χ0) is 19.8. The van der Waals surface area contributed by atoms with Gasteiger partial charge in [0.05, 0.1) is 13.7 Å². The number of aryl methyl sites for hydroxylation is 1. The molecule has 0 saturated carbocycles. The van der Waals surface area contributed by atoms with E-state index in [-0.39, 0.29) is 0 Å². The molecule has 1 saturated heterocycles. The van der Waals surface area contributed by atoms with Crippen molar-refractivity contribution in [2.24, 2.45) is 0 Å². The molecule has 2 heterocycles. The Morgan fingerprint density at radius 1 is 1.25 bits per heavy atom. The third kappa shape index (κ3) is 5.82. The standard InChI is InChI=1S/C24H30N2O2/c1-24(27,15-13-20-9-11-22(28-2)12-10-20)14-6-18-26-17-4-3-8-23(26)21-7-5-16-25-19-21/h5,7,9-12,16,19,23,27H,3-4,8,13,15,17-18H2,1-2H3/t23-,24-/m0/s1. The molecule has 0 radical (unpaired) electrons. The predicted molar refractivity (Wildman–Crippen MR) is 112 cm³/mol. The van der Waals surface area contributed by atoms with Gasteiger partial charge in [-0.3, -0.25) is 9.88 Å². The lowest BCUT2D eigenvalue weighted by molar-refractivity contribution is 0.112. The Balaban J connectivity index is 1.56. The fraction of sp³-hybridized carbons (Fsp3) is 0.458. The highest BCUT2D eigenvalue weighted by atomic mass is 16.5. The fourth-order valence-electron chi connectivity index (χ4n) is 3.70. The molecule has 0 aliphatic carbocycles. The van der Waals surface area contributed by atoms with Gasteiger partial charge in [-0.25, -0.2) is 0 Å². The van der Waals surface area contributed by atoms with Crippen molar-refractivity contribution in [2.75, 3.05) is 20.2 Å². The summed E-state index contributed by atoms with van der Waals surface area (Å²) < 4.78 is 5.19. The second-order valence-corrected chi connectivity index (χ2v) is 7.69. The number of rotatable bonds is 6. The summed E-state index contributed by atoms with van der Waals surface area (Å²) >= 11 is 0. The van der Waals surface area contributed by atoms with E-state index in [2.05, 4.69) is 27.8 Å². The van der Waals surface area contributed by atoms with Crippen LogP contribution in [0.25, 0.3) is 0 Å². The highest BCUT2D eigenvalue weighted by molar-refractivity contribution is 5.27. The van der Waals surface area contributed by atoms with Gasteiger partial charge in [-0.15, -0.1) is 0 Å². The number of methoxy groups -OCH3 is 1. The summed E-state index contributed by atoms with van der Waals surface area (Å²) in [5, 5.41) is 10.7. The van der Waals surface area contributed by atoms with Crippen LogP contribution >= 0.6 is 0 Å². The normalized spacial score (nSPS) is 19.3. The Morgan fingerprint density at radius 3 is 2.79 bits per heavy atom. The van der Waals surface area contributed by atoms with E-state index in [4.69, 9.17) is 4.74 Å². The lowest BCUT2D eigenvalue weighted by Crippen LogP contribution is -2.34. The molecule has 148 valence electrons. The molecule has 1 fully saturated rings. The summed E-state index contributed by atoms with van der Waals surface area (Å²) in [5.41, 5.74) is 1.45. The van der Waals surface area contributed by atoms with Crippen LogP contribution in [0, 0.1) is 11.8 Å². The van der Waals surface area contributed by atoms with E-state index >= 15 is 0 Å². The molecular weight excluding hydrogens is 348 g/mol. The summed E-state index contributed by atoms with van der Waals surface area (Å²) in [6.45, 7) is 3.53. The number of likely N-dealkylation sites (tertiary alicyclic amines) is 1. The summed E-state index contributed by atoms with van der Waals surface area (Å²) in [6, 6.07) is 12.5. The number of hydrogen-bond donors (Lipinski definition) is 1. The molecule has 2 atom stereocenters. The van der Waals surface area contributed by atoms with E-state index in [1.165, 1.54) is 24.0 Å². The Hall–Kier alpha value is -2.35. The number of piperidine rings is 1. The molecule has 2 aromatic rings. The van der Waals surface area contributed by atoms with Gasteiger partial charge in [0.15, 0.2) is 0 Å². The number of ether oxygens (including phenoxy) is 1. The van der Waals surface area contributed by atoms with E-state index in [0.29, 0.717) is 19.0 Å². The average Bonchev–Trinajstić information content (AvgIpc) is 2.73. The number of pyridine rings is 1. The minimum atomic E-state index is -0.987. The number of aliphatic hydroxyl groups is 1. The van der Waals surface area contributed by atoms with Gasteiger partial charge in [0.1, 0.15) is 11.4 Å². The van der Waals surface area contributed by atoms with Crippen molar-refractivity contribution in [1.29, 1.82) is 0 Å². The fourth-order valence-corrected chi connectivity index (χ4v) is 3.70. The van der Waals surface area contributed by atoms with Crippen molar-refractivity contribution in [3.8, 4) is 17.6 Å². The SMILES string of the molecule is COc1ccc(CC[C@@](C)(O)C#CCN2CCCC[C@H]2c2cccnc2)cc1. The van der Waals surface area contributed by atoms with Crippen molar-refractivity contribution in [3.63, 3.8) is 0 Å². The van der Waals surface area contributed by atoms with Gasteiger partial charge < -0.3 is 9.84 Å². The summed E-state index contributed by atoms with van der Waals surface area (Å²) in [6.07, 6.45) is 8.75. The smallest absolute Gasteiger partial charge is 0.123 e. The summed E-state index contributed by atoms with van der Waals surface area (Å²) in [5.74, 6) is 7.18. The third-order valence-electron chi connectivity index (χ3n) is 5.38. The van der Waals surface area contributed by atoms with Gasteiger partial charge in [0.25, 0.3) is 0 Å². The van der Waals surface area contributed by atoms with E-state index in [0.717, 1.165) is 25.1 Å². The van der Waals surface area contributed by atoms with Crippen LogP contribution in [-0.2, 0) is 6.42 Å². The van der Waals surface area contributed by atoms with Gasteiger partial charge >= 0.3 is 0 Å². The van der Waals surface area contributed by atoms with Crippen molar-refractivity contribution in [3.05, 3.63) is 59.9 Å². The maximum absolute atomic E-state index is 10.7. The minimum Gasteiger partial charge on any atom is -0.497 e. The van der Waals surface area contributed by atoms with E-state index in [1.54, 1.807) is 14.0 Å². The molecule has 0 unspecified atom stereocenters. The molecule has 0 spiro atoms. The quantitative estimate of drug-likeness (QED) is 0.772. The number of nitrogens with zero attached hydrogens (tertiary/aromatic N) is 2. The van der Waals surface area contributed by atoms with Crippen LogP contribution in [0.4, 0.5) is 0 Å².